The summed E-state index contributed by atoms with van der Waals surface area (Å²) >= 11 is 1.63. The predicted molar refractivity (Wildman–Crippen MR) is 96.2 cm³/mol. The molecule has 3 aromatic rings. The second-order valence-corrected chi connectivity index (χ2v) is 6.81. The third kappa shape index (κ3) is 3.05. The standard InChI is InChI=1S/C18H18N4OS/c23-18(20-11-15-3-2-10-24-15)21-14-7-5-13(6-8-14)16-12-19-17-4-1-9-22(16)17/h2-3,5-8,10,12H,1,4,9,11H2,(H2,20,21,23). The normalized spacial score (nSPS) is 12.8. The number of aromatic nitrogens is 2. The molecular formula is C18H18N4OS. The Balaban J connectivity index is 1.39. The highest BCUT2D eigenvalue weighted by molar-refractivity contribution is 7.09. The molecule has 0 atom stereocenters. The first-order chi connectivity index (χ1) is 11.8. The lowest BCUT2D eigenvalue weighted by molar-refractivity contribution is 0.252. The molecule has 122 valence electrons. The summed E-state index contributed by atoms with van der Waals surface area (Å²) < 4.78 is 2.27. The molecule has 4 rings (SSSR count). The molecule has 0 bridgehead atoms. The summed E-state index contributed by atoms with van der Waals surface area (Å²) in [7, 11) is 0. The number of nitrogens with one attached hydrogen (secondary N) is 2. The first-order valence-electron chi connectivity index (χ1n) is 8.02. The summed E-state index contributed by atoms with van der Waals surface area (Å²) in [6.07, 6.45) is 4.16. The van der Waals surface area contributed by atoms with Gasteiger partial charge in [0.1, 0.15) is 5.82 Å². The molecule has 0 saturated heterocycles. The van der Waals surface area contributed by atoms with Gasteiger partial charge in [0.05, 0.1) is 18.4 Å². The molecule has 3 heterocycles. The molecule has 0 fully saturated rings. The molecule has 0 saturated carbocycles. The van der Waals surface area contributed by atoms with Crippen LogP contribution in [-0.2, 0) is 19.5 Å². The molecule has 2 amide bonds. The highest BCUT2D eigenvalue weighted by Crippen LogP contribution is 2.26. The Hall–Kier alpha value is -2.60. The largest absolute Gasteiger partial charge is 0.333 e. The van der Waals surface area contributed by atoms with Crippen LogP contribution in [0.1, 0.15) is 17.1 Å². The van der Waals surface area contributed by atoms with E-state index in [4.69, 9.17) is 0 Å². The summed E-state index contributed by atoms with van der Waals surface area (Å²) in [6, 6.07) is 11.7. The number of hydrogen-bond donors (Lipinski definition) is 2. The number of carbonyl (C=O) groups is 1. The smallest absolute Gasteiger partial charge is 0.319 e. The van der Waals surface area contributed by atoms with Crippen LogP contribution in [0.4, 0.5) is 10.5 Å². The van der Waals surface area contributed by atoms with Gasteiger partial charge < -0.3 is 15.2 Å². The Kier molecular flexibility index (Phi) is 4.04. The maximum absolute atomic E-state index is 11.9. The second-order valence-electron chi connectivity index (χ2n) is 5.78. The first kappa shape index (κ1) is 15.0. The molecule has 24 heavy (non-hydrogen) atoms. The number of rotatable bonds is 4. The summed E-state index contributed by atoms with van der Waals surface area (Å²) in [5.74, 6) is 1.17. The van der Waals surface area contributed by atoms with Crippen LogP contribution < -0.4 is 10.6 Å². The topological polar surface area (TPSA) is 59.0 Å². The fourth-order valence-corrected chi connectivity index (χ4v) is 3.61. The number of hydrogen-bond acceptors (Lipinski definition) is 3. The first-order valence-corrected chi connectivity index (χ1v) is 8.89. The number of benzene rings is 1. The molecular weight excluding hydrogens is 320 g/mol. The Bertz CT molecular complexity index is 837. The van der Waals surface area contributed by atoms with Crippen LogP contribution in [0.5, 0.6) is 0 Å². The average Bonchev–Trinajstić information content (AvgIpc) is 3.32. The summed E-state index contributed by atoms with van der Waals surface area (Å²) in [6.45, 7) is 1.58. The molecule has 5 nitrogen and oxygen atoms in total. The fraction of sp³-hybridized carbons (Fsp3) is 0.222. The zero-order chi connectivity index (χ0) is 16.4. The number of anilines is 1. The van der Waals surface area contributed by atoms with Crippen molar-refractivity contribution < 1.29 is 4.79 Å². The van der Waals surface area contributed by atoms with E-state index in [9.17, 15) is 4.79 Å². The molecule has 0 aliphatic carbocycles. The number of fused-ring (bicyclic) bond motifs is 1. The summed E-state index contributed by atoms with van der Waals surface area (Å²) in [5.41, 5.74) is 3.06. The number of urea groups is 1. The highest BCUT2D eigenvalue weighted by Gasteiger charge is 2.16. The van der Waals surface area contributed by atoms with Crippen LogP contribution in [0.3, 0.4) is 0 Å². The van der Waals surface area contributed by atoms with Gasteiger partial charge in [0.25, 0.3) is 0 Å². The lowest BCUT2D eigenvalue weighted by atomic mass is 10.1. The van der Waals surface area contributed by atoms with Gasteiger partial charge in [-0.3, -0.25) is 0 Å². The van der Waals surface area contributed by atoms with Gasteiger partial charge in [-0.15, -0.1) is 11.3 Å². The van der Waals surface area contributed by atoms with E-state index >= 15 is 0 Å². The van der Waals surface area contributed by atoms with Crippen LogP contribution in [0, 0.1) is 0 Å². The van der Waals surface area contributed by atoms with Crippen LogP contribution >= 0.6 is 11.3 Å². The maximum Gasteiger partial charge on any atom is 0.319 e. The van der Waals surface area contributed by atoms with Crippen molar-refractivity contribution in [3.8, 4) is 11.3 Å². The number of thiophene rings is 1. The summed E-state index contributed by atoms with van der Waals surface area (Å²) in [5, 5.41) is 7.72. The van der Waals surface area contributed by atoms with E-state index in [0.29, 0.717) is 6.54 Å². The SMILES string of the molecule is O=C(NCc1cccs1)Nc1ccc(-c2cnc3n2CCC3)cc1. The van der Waals surface area contributed by atoms with Crippen molar-refractivity contribution >= 4 is 23.1 Å². The minimum Gasteiger partial charge on any atom is -0.333 e. The van der Waals surface area contributed by atoms with Crippen molar-refractivity contribution in [3.05, 3.63) is 58.7 Å². The zero-order valence-corrected chi connectivity index (χ0v) is 14.0. The number of aryl methyl sites for hydroxylation is 1. The number of carbonyl (C=O) groups excluding carboxylic acids is 1. The molecule has 2 aromatic heterocycles. The monoisotopic (exact) mass is 338 g/mol. The van der Waals surface area contributed by atoms with Gasteiger partial charge in [0.15, 0.2) is 0 Å². The van der Waals surface area contributed by atoms with Crippen LogP contribution in [0.15, 0.2) is 48.0 Å². The molecule has 1 aliphatic rings. The Labute approximate surface area is 144 Å². The van der Waals surface area contributed by atoms with Gasteiger partial charge in [-0.1, -0.05) is 18.2 Å². The van der Waals surface area contributed by atoms with E-state index in [1.807, 2.05) is 48.0 Å². The van der Waals surface area contributed by atoms with E-state index in [2.05, 4.69) is 20.2 Å². The van der Waals surface area contributed by atoms with Gasteiger partial charge in [0, 0.05) is 23.5 Å². The van der Waals surface area contributed by atoms with Crippen molar-refractivity contribution in [1.82, 2.24) is 14.9 Å². The van der Waals surface area contributed by atoms with Crippen molar-refractivity contribution in [2.75, 3.05) is 5.32 Å². The quantitative estimate of drug-likeness (QED) is 0.758. The van der Waals surface area contributed by atoms with Gasteiger partial charge in [-0.05, 0) is 35.6 Å². The van der Waals surface area contributed by atoms with E-state index in [-0.39, 0.29) is 6.03 Å². The third-order valence-electron chi connectivity index (χ3n) is 4.16. The minimum absolute atomic E-state index is 0.193. The van der Waals surface area contributed by atoms with Crippen LogP contribution in [0.2, 0.25) is 0 Å². The van der Waals surface area contributed by atoms with E-state index in [1.165, 1.54) is 12.2 Å². The van der Waals surface area contributed by atoms with Crippen LogP contribution in [-0.4, -0.2) is 15.6 Å². The molecule has 0 spiro atoms. The fourth-order valence-electron chi connectivity index (χ4n) is 2.97. The van der Waals surface area contributed by atoms with Crippen LogP contribution in [0.25, 0.3) is 11.3 Å². The van der Waals surface area contributed by atoms with Gasteiger partial charge in [-0.2, -0.15) is 0 Å². The molecule has 0 unspecified atom stereocenters. The Morgan fingerprint density at radius 1 is 1.25 bits per heavy atom. The van der Waals surface area contributed by atoms with Gasteiger partial charge >= 0.3 is 6.03 Å². The highest BCUT2D eigenvalue weighted by atomic mass is 32.1. The van der Waals surface area contributed by atoms with Crippen molar-refractivity contribution in [3.63, 3.8) is 0 Å². The van der Waals surface area contributed by atoms with Gasteiger partial charge in [0.2, 0.25) is 0 Å². The van der Waals surface area contributed by atoms with Gasteiger partial charge in [-0.25, -0.2) is 9.78 Å². The predicted octanol–water partition coefficient (Wildman–Crippen LogP) is 3.88. The number of amides is 2. The molecule has 6 heteroatoms. The van der Waals surface area contributed by atoms with E-state index in [1.54, 1.807) is 11.3 Å². The lowest BCUT2D eigenvalue weighted by Crippen LogP contribution is -2.27. The zero-order valence-electron chi connectivity index (χ0n) is 13.2. The maximum atomic E-state index is 11.9. The average molecular weight is 338 g/mol. The third-order valence-corrected chi connectivity index (χ3v) is 5.04. The second kappa shape index (κ2) is 6.49. The number of imidazole rings is 1. The molecule has 2 N–H and O–H groups in total. The Morgan fingerprint density at radius 2 is 2.12 bits per heavy atom. The minimum atomic E-state index is -0.193. The van der Waals surface area contributed by atoms with E-state index in [0.717, 1.165) is 34.8 Å². The molecule has 1 aromatic carbocycles. The van der Waals surface area contributed by atoms with Crippen molar-refractivity contribution in [2.45, 2.75) is 25.9 Å². The number of nitrogens with zero attached hydrogens (tertiary/aromatic N) is 2. The molecule has 0 radical (unpaired) electrons. The Morgan fingerprint density at radius 3 is 2.92 bits per heavy atom. The van der Waals surface area contributed by atoms with E-state index < -0.39 is 0 Å². The van der Waals surface area contributed by atoms with Crippen molar-refractivity contribution in [1.29, 1.82) is 0 Å². The lowest BCUT2D eigenvalue weighted by Gasteiger charge is -2.09. The molecule has 1 aliphatic heterocycles. The summed E-state index contributed by atoms with van der Waals surface area (Å²) in [4.78, 5) is 17.6. The van der Waals surface area contributed by atoms with Crippen molar-refractivity contribution in [2.24, 2.45) is 0 Å².